The van der Waals surface area contributed by atoms with E-state index in [1.165, 1.54) is 0 Å². The van der Waals surface area contributed by atoms with E-state index in [1.54, 1.807) is 12.4 Å². The maximum absolute atomic E-state index is 12.9. The van der Waals surface area contributed by atoms with Gasteiger partial charge in [-0.2, -0.15) is 0 Å². The molecule has 0 aromatic carbocycles. The van der Waals surface area contributed by atoms with Gasteiger partial charge in [-0.25, -0.2) is 34.9 Å². The first-order chi connectivity index (χ1) is 29.5. The van der Waals surface area contributed by atoms with Crippen LogP contribution in [0.5, 0.6) is 0 Å². The highest BCUT2D eigenvalue weighted by Crippen LogP contribution is 2.33. The van der Waals surface area contributed by atoms with Crippen LogP contribution in [0.3, 0.4) is 0 Å². The molecule has 0 bridgehead atoms. The van der Waals surface area contributed by atoms with E-state index in [1.807, 2.05) is 18.2 Å². The summed E-state index contributed by atoms with van der Waals surface area (Å²) in [4.78, 5) is 63.2. The van der Waals surface area contributed by atoms with Crippen LogP contribution in [-0.2, 0) is 25.5 Å². The van der Waals surface area contributed by atoms with Crippen LogP contribution >= 0.6 is 0 Å². The number of carbonyl (C=O) groups is 2. The van der Waals surface area contributed by atoms with E-state index in [9.17, 15) is 9.59 Å². The number of hydrogen-bond acceptors (Lipinski definition) is 16. The third-order valence-corrected chi connectivity index (χ3v) is 12.2. The van der Waals surface area contributed by atoms with Gasteiger partial charge in [0.25, 0.3) is 0 Å². The molecule has 5 atom stereocenters. The van der Waals surface area contributed by atoms with Crippen molar-refractivity contribution in [2.75, 3.05) is 75.0 Å². The van der Waals surface area contributed by atoms with Crippen LogP contribution in [0.15, 0.2) is 40.6 Å². The van der Waals surface area contributed by atoms with Crippen LogP contribution < -0.4 is 31.9 Å². The summed E-state index contributed by atoms with van der Waals surface area (Å²) < 4.78 is 12.5. The largest absolute Gasteiger partial charge is 0.376 e. The summed E-state index contributed by atoms with van der Waals surface area (Å²) in [5.41, 5.74) is 2.90. The standard InChI is InChI=1S/C43H60N14O4/c1-42(2)20-27(10-17-60-42)23-50-41-51-31(19-35(55-41)34-9-16-48-40(54-34)57-37(59)30-6-13-45-26-30)22-43(3)21-28(11-18-61-43)24-49-38-46-14-7-32(52-38)33-8-15-47-39(53-33)56-36(58)29-5-4-12-44-25-29/h8-9,15-16,19,27-30,44-45H,4-7,10-14,17-18,20-26H2,1-3H3,(H,46,49)(H,50,51,55)(H,47,53,56,58)(H,48,54,57,59)/t27?,28?,29-,30-,43?/m1/s1. The molecular weight excluding hydrogens is 777 g/mol. The number of hydrogen-bond donors (Lipinski definition) is 6. The monoisotopic (exact) mass is 836 g/mol. The Morgan fingerprint density at radius 2 is 1.43 bits per heavy atom. The van der Waals surface area contributed by atoms with Crippen LogP contribution in [0.1, 0.15) is 83.5 Å². The summed E-state index contributed by atoms with van der Waals surface area (Å²) >= 11 is 0. The number of aliphatic imine (C=N–C) groups is 2. The molecule has 8 rings (SSSR count). The first-order valence-corrected chi connectivity index (χ1v) is 22.0. The maximum Gasteiger partial charge on any atom is 0.231 e. The van der Waals surface area contributed by atoms with E-state index in [4.69, 9.17) is 29.4 Å². The zero-order valence-corrected chi connectivity index (χ0v) is 35.6. The van der Waals surface area contributed by atoms with Crippen molar-refractivity contribution in [1.29, 1.82) is 0 Å². The Hall–Kier alpha value is -5.04. The van der Waals surface area contributed by atoms with Gasteiger partial charge in [0.2, 0.25) is 35.6 Å². The quantitative estimate of drug-likeness (QED) is 0.145. The number of ether oxygens (including phenoxy) is 2. The summed E-state index contributed by atoms with van der Waals surface area (Å²) in [6.45, 7) is 12.8. The van der Waals surface area contributed by atoms with Gasteiger partial charge in [-0.3, -0.25) is 25.2 Å². The van der Waals surface area contributed by atoms with Gasteiger partial charge in [0.15, 0.2) is 0 Å². The molecule has 0 spiro atoms. The highest BCUT2D eigenvalue weighted by molar-refractivity contribution is 6.07. The first-order valence-electron chi connectivity index (χ1n) is 22.0. The van der Waals surface area contributed by atoms with Crippen molar-refractivity contribution in [3.05, 3.63) is 42.0 Å². The lowest BCUT2D eigenvalue weighted by Gasteiger charge is -2.38. The zero-order valence-electron chi connectivity index (χ0n) is 35.6. The minimum Gasteiger partial charge on any atom is -0.376 e. The van der Waals surface area contributed by atoms with Crippen LogP contribution in [0.25, 0.3) is 11.4 Å². The predicted molar refractivity (Wildman–Crippen MR) is 232 cm³/mol. The first kappa shape index (κ1) is 42.6. The van der Waals surface area contributed by atoms with Crippen molar-refractivity contribution in [2.24, 2.45) is 33.7 Å². The fourth-order valence-corrected chi connectivity index (χ4v) is 9.01. The Morgan fingerprint density at radius 1 is 0.754 bits per heavy atom. The van der Waals surface area contributed by atoms with Gasteiger partial charge in [-0.05, 0) is 109 Å². The molecule has 3 aromatic heterocycles. The smallest absolute Gasteiger partial charge is 0.231 e. The Morgan fingerprint density at radius 3 is 2.15 bits per heavy atom. The molecule has 6 N–H and O–H groups in total. The Bertz CT molecular complexity index is 2080. The molecule has 8 heterocycles. The summed E-state index contributed by atoms with van der Waals surface area (Å²) in [7, 11) is 0. The van der Waals surface area contributed by atoms with Crippen molar-refractivity contribution in [2.45, 2.75) is 89.8 Å². The number of amides is 2. The molecule has 4 fully saturated rings. The van der Waals surface area contributed by atoms with Gasteiger partial charge in [0.1, 0.15) is 0 Å². The van der Waals surface area contributed by atoms with Crippen molar-refractivity contribution in [3.8, 4) is 11.4 Å². The highest BCUT2D eigenvalue weighted by Gasteiger charge is 2.35. The Kier molecular flexibility index (Phi) is 13.5. The minimum absolute atomic E-state index is 0.0618. The number of aromatic nitrogens is 6. The van der Waals surface area contributed by atoms with Gasteiger partial charge >= 0.3 is 0 Å². The van der Waals surface area contributed by atoms with E-state index < -0.39 is 5.60 Å². The highest BCUT2D eigenvalue weighted by atomic mass is 16.5. The molecule has 0 aliphatic carbocycles. The third-order valence-electron chi connectivity index (χ3n) is 12.2. The van der Waals surface area contributed by atoms with Gasteiger partial charge in [0, 0.05) is 76.9 Å². The molecule has 4 saturated heterocycles. The second-order valence-electron chi connectivity index (χ2n) is 17.9. The van der Waals surface area contributed by atoms with E-state index in [0.717, 1.165) is 82.6 Å². The maximum atomic E-state index is 12.9. The second kappa shape index (κ2) is 19.3. The van der Waals surface area contributed by atoms with Crippen molar-refractivity contribution in [1.82, 2.24) is 45.9 Å². The molecule has 2 amide bonds. The van der Waals surface area contributed by atoms with Crippen LogP contribution in [-0.4, -0.2) is 124 Å². The SMILES string of the molecule is CC1(C)CC(CNc2nc(CC3(C)CC(CNC4=NCCC(c5ccnc(NC(=O)[C@@H]6CCCNC6)n5)=N4)CCO3)cc(-c3ccnc(NC(=O)[C@@H]4CCNC4)n3)n2)CCO1. The average Bonchev–Trinajstić information content (AvgIpc) is 3.81. The zero-order chi connectivity index (χ0) is 42.2. The Labute approximate surface area is 357 Å². The normalized spacial score (nSPS) is 26.4. The molecule has 0 saturated carbocycles. The lowest BCUT2D eigenvalue weighted by molar-refractivity contribution is -0.120. The molecule has 3 unspecified atom stereocenters. The molecule has 5 aliphatic rings. The van der Waals surface area contributed by atoms with Gasteiger partial charge in [-0.1, -0.05) is 0 Å². The predicted octanol–water partition coefficient (Wildman–Crippen LogP) is 3.39. The van der Waals surface area contributed by atoms with Gasteiger partial charge < -0.3 is 30.7 Å². The average molecular weight is 837 g/mol. The van der Waals surface area contributed by atoms with Gasteiger partial charge in [0.05, 0.1) is 45.8 Å². The third kappa shape index (κ3) is 11.7. The lowest BCUT2D eigenvalue weighted by Crippen LogP contribution is -2.43. The second-order valence-corrected chi connectivity index (χ2v) is 17.9. The van der Waals surface area contributed by atoms with Crippen LogP contribution in [0, 0.1) is 23.7 Å². The molecule has 61 heavy (non-hydrogen) atoms. The summed E-state index contributed by atoms with van der Waals surface area (Å²) in [5, 5.41) is 19.4. The number of guanidine groups is 1. The van der Waals surface area contributed by atoms with E-state index in [0.29, 0.717) is 92.4 Å². The van der Waals surface area contributed by atoms with E-state index in [2.05, 4.69) is 72.6 Å². The fourth-order valence-electron chi connectivity index (χ4n) is 9.01. The minimum atomic E-state index is -0.489. The lowest BCUT2D eigenvalue weighted by atomic mass is 9.84. The topological polar surface area (TPSA) is 227 Å². The molecule has 3 aromatic rings. The molecule has 18 heteroatoms. The summed E-state index contributed by atoms with van der Waals surface area (Å²) in [5.74, 6) is 2.03. The summed E-state index contributed by atoms with van der Waals surface area (Å²) in [6, 6.07) is 5.60. The fraction of sp³-hybridized carbons (Fsp3) is 0.628. The molecule has 18 nitrogen and oxygen atoms in total. The number of nitrogens with one attached hydrogen (secondary N) is 6. The van der Waals surface area contributed by atoms with Crippen LogP contribution in [0.4, 0.5) is 17.8 Å². The molecule has 5 aliphatic heterocycles. The Balaban J connectivity index is 0.928. The molecule has 0 radical (unpaired) electrons. The summed E-state index contributed by atoms with van der Waals surface area (Å²) in [6.07, 6.45) is 10.7. The van der Waals surface area contributed by atoms with E-state index >= 15 is 0 Å². The van der Waals surface area contributed by atoms with E-state index in [-0.39, 0.29) is 35.2 Å². The number of carbonyl (C=O) groups excluding carboxylic acids is 2. The van der Waals surface area contributed by atoms with Crippen molar-refractivity contribution in [3.63, 3.8) is 0 Å². The molecular formula is C43H60N14O4. The molecule has 326 valence electrons. The van der Waals surface area contributed by atoms with Crippen LogP contribution in [0.2, 0.25) is 0 Å². The van der Waals surface area contributed by atoms with Gasteiger partial charge in [-0.15, -0.1) is 0 Å². The number of rotatable bonds is 13. The number of nitrogens with zero attached hydrogens (tertiary/aromatic N) is 8. The van der Waals surface area contributed by atoms with Crippen molar-refractivity contribution >= 4 is 41.3 Å². The van der Waals surface area contributed by atoms with Crippen molar-refractivity contribution < 1.29 is 19.1 Å². The number of piperidine rings is 1. The number of anilines is 3.